The number of hydrogen-bond donors (Lipinski definition) is 0. The highest BCUT2D eigenvalue weighted by molar-refractivity contribution is 6.76. The minimum absolute atomic E-state index is 0.00818. The maximum absolute atomic E-state index is 14.9. The van der Waals surface area contributed by atoms with Crippen LogP contribution in [-0.2, 0) is 66.0 Å². The van der Waals surface area contributed by atoms with Gasteiger partial charge in [-0.3, -0.25) is 28.8 Å². The smallest absolute Gasteiger partial charge is 0.334 e. The topological polar surface area (TPSA) is 185 Å². The Morgan fingerprint density at radius 2 is 1.08 bits per heavy atom. The number of carbonyl (C=O) groups is 6. The summed E-state index contributed by atoms with van der Waals surface area (Å²) in [5, 5.41) is 0. The Hall–Kier alpha value is -4.21. The third-order valence-electron chi connectivity index (χ3n) is 15.8. The molecular formula is C62H102F8O15Si2. The third kappa shape index (κ3) is 29.1. The first-order valence-corrected chi connectivity index (χ1v) is 36.8. The molecule has 87 heavy (non-hydrogen) atoms. The molecule has 25 heteroatoms. The van der Waals surface area contributed by atoms with Crippen molar-refractivity contribution < 1.29 is 106 Å². The Labute approximate surface area is 513 Å². The molecule has 1 aromatic rings. The molecule has 0 saturated heterocycles. The fourth-order valence-electron chi connectivity index (χ4n) is 10.0. The van der Waals surface area contributed by atoms with E-state index >= 15 is 0 Å². The first-order chi connectivity index (χ1) is 40.3. The quantitative estimate of drug-likeness (QED) is 0.0197. The van der Waals surface area contributed by atoms with Crippen LogP contribution >= 0.6 is 0 Å². The highest BCUT2D eigenvalue weighted by Gasteiger charge is 2.53. The fourth-order valence-corrected chi connectivity index (χ4v) is 12.6. The number of carbonyl (C=O) groups excluding carboxylic acids is 6. The van der Waals surface area contributed by atoms with E-state index in [4.69, 9.17) is 42.0 Å². The van der Waals surface area contributed by atoms with Gasteiger partial charge in [-0.2, -0.15) is 17.6 Å². The molecule has 1 aromatic carbocycles. The summed E-state index contributed by atoms with van der Waals surface area (Å²) in [5.74, 6) is -29.9. The summed E-state index contributed by atoms with van der Waals surface area (Å²) < 4.78 is 166. The Morgan fingerprint density at radius 1 is 0.563 bits per heavy atom. The number of Topliss-reactive ketones (excluding diaryl/α,β-unsaturated/α-hetero) is 1. The van der Waals surface area contributed by atoms with Gasteiger partial charge in [0.25, 0.3) is 0 Å². The second-order valence-electron chi connectivity index (χ2n) is 24.9. The molecule has 1 rings (SSSR count). The van der Waals surface area contributed by atoms with Gasteiger partial charge in [0.2, 0.25) is 0 Å². The average Bonchev–Trinajstić information content (AvgIpc) is 2.30. The summed E-state index contributed by atoms with van der Waals surface area (Å²) >= 11 is 0. The lowest BCUT2D eigenvalue weighted by Gasteiger charge is -2.35. The number of ether oxygens (including phenoxy) is 7. The zero-order valence-electron chi connectivity index (χ0n) is 54.3. The van der Waals surface area contributed by atoms with Crippen LogP contribution in [0.2, 0.25) is 38.3 Å². The molecule has 0 radical (unpaired) electrons. The number of benzene rings is 1. The van der Waals surface area contributed by atoms with E-state index in [-0.39, 0.29) is 66.0 Å². The Kier molecular flexibility index (Phi) is 35.1. The van der Waals surface area contributed by atoms with E-state index < -0.39 is 169 Å². The van der Waals surface area contributed by atoms with E-state index in [1.54, 1.807) is 52.8 Å². The van der Waals surface area contributed by atoms with Crippen molar-refractivity contribution in [3.8, 4) is 5.75 Å². The number of methoxy groups -OCH3 is 1. The summed E-state index contributed by atoms with van der Waals surface area (Å²) in [6.07, 6.45) is -5.80. The molecule has 0 aliphatic rings. The molecule has 7 unspecified atom stereocenters. The average molecular weight is 1300 g/mol. The van der Waals surface area contributed by atoms with Crippen LogP contribution in [0.25, 0.3) is 0 Å². The van der Waals surface area contributed by atoms with Gasteiger partial charge in [0.15, 0.2) is 0 Å². The fraction of sp³-hybridized carbons (Fsp3) is 0.806. The molecule has 0 amide bonds. The highest BCUT2D eigenvalue weighted by atomic mass is 28.4. The molecule has 0 fully saturated rings. The number of alkyl halides is 8. The van der Waals surface area contributed by atoms with Crippen LogP contribution in [0.5, 0.6) is 5.75 Å². The molecule has 0 bridgehead atoms. The van der Waals surface area contributed by atoms with Crippen LogP contribution in [0.1, 0.15) is 168 Å². The number of halogens is 8. The molecule has 504 valence electrons. The van der Waals surface area contributed by atoms with Crippen LogP contribution in [0, 0.1) is 41.9 Å². The lowest BCUT2D eigenvalue weighted by Crippen LogP contribution is -2.41. The largest absolute Gasteiger partial charge is 0.491 e. The monoisotopic (exact) mass is 1290 g/mol. The normalized spacial score (nSPS) is 15.5. The van der Waals surface area contributed by atoms with Crippen molar-refractivity contribution in [1.82, 2.24) is 0 Å². The van der Waals surface area contributed by atoms with Crippen molar-refractivity contribution in [3.05, 3.63) is 29.3 Å². The zero-order chi connectivity index (χ0) is 66.6. The number of rotatable bonds is 47. The van der Waals surface area contributed by atoms with E-state index in [9.17, 15) is 63.9 Å². The van der Waals surface area contributed by atoms with E-state index in [0.717, 1.165) is 6.04 Å². The van der Waals surface area contributed by atoms with Crippen molar-refractivity contribution >= 4 is 52.3 Å². The molecule has 15 nitrogen and oxygen atoms in total. The van der Waals surface area contributed by atoms with Crippen LogP contribution < -0.4 is 4.74 Å². The highest BCUT2D eigenvalue weighted by Crippen LogP contribution is 2.44. The van der Waals surface area contributed by atoms with E-state index in [2.05, 4.69) is 19.6 Å². The number of hydrogen-bond acceptors (Lipinski definition) is 15. The molecule has 0 spiro atoms. The zero-order valence-corrected chi connectivity index (χ0v) is 56.3. The van der Waals surface area contributed by atoms with E-state index in [0.29, 0.717) is 61.6 Å². The minimum atomic E-state index is -4.67. The van der Waals surface area contributed by atoms with Crippen molar-refractivity contribution in [3.63, 3.8) is 0 Å². The number of esters is 5. The lowest BCUT2D eigenvalue weighted by atomic mass is 9.69. The van der Waals surface area contributed by atoms with Crippen molar-refractivity contribution in [1.29, 1.82) is 0 Å². The van der Waals surface area contributed by atoms with Crippen LogP contribution in [0.15, 0.2) is 18.2 Å². The van der Waals surface area contributed by atoms with Crippen LogP contribution in [0.3, 0.4) is 0 Å². The molecular weight excluding hydrogens is 1190 g/mol. The Bertz CT molecular complexity index is 2260. The Morgan fingerprint density at radius 3 is 1.61 bits per heavy atom. The van der Waals surface area contributed by atoms with Gasteiger partial charge in [0.05, 0.1) is 68.5 Å². The maximum atomic E-state index is 14.9. The van der Waals surface area contributed by atoms with Crippen molar-refractivity contribution in [2.45, 2.75) is 226 Å². The predicted octanol–water partition coefficient (Wildman–Crippen LogP) is 15.0. The van der Waals surface area contributed by atoms with Gasteiger partial charge < -0.3 is 42.0 Å². The van der Waals surface area contributed by atoms with Gasteiger partial charge in [-0.15, -0.1) is 0 Å². The van der Waals surface area contributed by atoms with Crippen LogP contribution in [0.4, 0.5) is 35.1 Å². The summed E-state index contributed by atoms with van der Waals surface area (Å²) in [4.78, 5) is 87.0. The summed E-state index contributed by atoms with van der Waals surface area (Å²) in [6.45, 7) is 17.2. The maximum Gasteiger partial charge on any atom is 0.334 e. The van der Waals surface area contributed by atoms with Gasteiger partial charge in [0, 0.05) is 62.0 Å². The number of aryl methyl sites for hydroxylation is 1. The Balaban J connectivity index is 4.28. The molecule has 0 aromatic heterocycles. The van der Waals surface area contributed by atoms with Crippen molar-refractivity contribution in [2.75, 3.05) is 61.0 Å². The van der Waals surface area contributed by atoms with Gasteiger partial charge in [-0.05, 0) is 127 Å². The molecule has 0 heterocycles. The standard InChI is InChI=1S/C62H102F8O15Si2/c1-16-19-29-84-57(76)58(6,41-48(52(71)24-20-27-61(67,68)59(7,63)64)39-46(23-17-2)54(73)82-30-21-35-86(12,13)14)42-49(55(74)83-32-28-62(69,70)60(8,65)66)40-47(38-45(18-3)53(72)81-31-22-36-87(15,78-10)79-11)56(75)85-44(5)51-26-25-50(37-43(51)4)80-34-33-77-9/h25-26,37,44-49H,16-24,27-36,38-42H2,1-15H3. The first-order valence-electron chi connectivity index (χ1n) is 30.5. The van der Waals surface area contributed by atoms with Crippen molar-refractivity contribution in [2.24, 2.45) is 35.0 Å². The van der Waals surface area contributed by atoms with Gasteiger partial charge in [-0.1, -0.05) is 65.4 Å². The number of unbranched alkanes of at least 4 members (excludes halogenated alkanes) is 1. The first kappa shape index (κ1) is 80.8. The van der Waals surface area contributed by atoms with E-state index in [1.165, 1.54) is 28.3 Å². The van der Waals surface area contributed by atoms with Gasteiger partial charge in [0.1, 0.15) is 24.2 Å². The molecule has 0 saturated carbocycles. The molecule has 0 aliphatic carbocycles. The second kappa shape index (κ2) is 37.8. The van der Waals surface area contributed by atoms with Gasteiger partial charge >= 0.3 is 62.1 Å². The van der Waals surface area contributed by atoms with Crippen LogP contribution in [-0.4, -0.2) is 137 Å². The molecule has 7 atom stereocenters. The number of ketones is 1. The lowest BCUT2D eigenvalue weighted by molar-refractivity contribution is -0.207. The predicted molar refractivity (Wildman–Crippen MR) is 318 cm³/mol. The summed E-state index contributed by atoms with van der Waals surface area (Å²) in [5.41, 5.74) is -0.876. The summed E-state index contributed by atoms with van der Waals surface area (Å²) in [7, 11) is 0.400. The third-order valence-corrected chi connectivity index (χ3v) is 20.7. The van der Waals surface area contributed by atoms with E-state index in [1.807, 2.05) is 6.55 Å². The second-order valence-corrected chi connectivity index (χ2v) is 34.1. The minimum Gasteiger partial charge on any atom is -0.491 e. The molecule has 0 N–H and O–H groups in total. The molecule has 0 aliphatic heterocycles. The van der Waals surface area contributed by atoms with Gasteiger partial charge in [-0.25, -0.2) is 17.6 Å². The SMILES string of the molecule is CCCCOC(=O)C(C)(CC(CC(CCC)C(=O)OCCC[Si](C)(C)C)C(=O)CCCC(F)(F)C(C)(F)F)CC(CC(CC(CC)C(=O)OCCC[Si](C)(OC)OC)C(=O)OC(C)c1ccc(OCCOC)cc1C)C(=O)OCCC(F)(F)C(C)(F)F. The summed E-state index contributed by atoms with van der Waals surface area (Å²) in [6, 6.07) is 6.30.